The summed E-state index contributed by atoms with van der Waals surface area (Å²) in [6, 6.07) is 10.5. The van der Waals surface area contributed by atoms with Gasteiger partial charge in [0.05, 0.1) is 16.3 Å². The molecular formula is C17H21Cl2NO. The van der Waals surface area contributed by atoms with Gasteiger partial charge in [-0.2, -0.15) is 0 Å². The average molecular weight is 326 g/mol. The number of aryl methyl sites for hydroxylation is 1. The van der Waals surface area contributed by atoms with E-state index in [1.807, 2.05) is 30.3 Å². The second-order valence-corrected chi connectivity index (χ2v) is 6.13. The van der Waals surface area contributed by atoms with Crippen LogP contribution < -0.4 is 5.32 Å². The third-order valence-corrected chi connectivity index (χ3v) is 4.38. The first-order valence-electron chi connectivity index (χ1n) is 7.33. The van der Waals surface area contributed by atoms with Crippen LogP contribution in [0.4, 0.5) is 0 Å². The highest BCUT2D eigenvalue weighted by Gasteiger charge is 2.14. The second-order valence-electron chi connectivity index (χ2n) is 5.32. The van der Waals surface area contributed by atoms with Crippen LogP contribution in [-0.2, 0) is 6.42 Å². The number of hydrogen-bond donors (Lipinski definition) is 1. The molecule has 4 heteroatoms. The van der Waals surface area contributed by atoms with Gasteiger partial charge in [-0.25, -0.2) is 0 Å². The Kier molecular flexibility index (Phi) is 6.16. The summed E-state index contributed by atoms with van der Waals surface area (Å²) in [6.45, 7) is 4.36. The summed E-state index contributed by atoms with van der Waals surface area (Å²) >= 11 is 12.1. The zero-order valence-electron chi connectivity index (χ0n) is 12.4. The van der Waals surface area contributed by atoms with Crippen molar-refractivity contribution in [3.63, 3.8) is 0 Å². The minimum absolute atomic E-state index is 0.284. The summed E-state index contributed by atoms with van der Waals surface area (Å²) < 4.78 is 5.37. The Hall–Kier alpha value is -0.960. The van der Waals surface area contributed by atoms with Crippen molar-refractivity contribution >= 4 is 23.2 Å². The number of hydrogen-bond acceptors (Lipinski definition) is 2. The van der Waals surface area contributed by atoms with Gasteiger partial charge in [-0.3, -0.25) is 0 Å². The van der Waals surface area contributed by atoms with E-state index in [0.717, 1.165) is 25.0 Å². The lowest BCUT2D eigenvalue weighted by atomic mass is 10.0. The molecule has 0 saturated carbocycles. The molecule has 0 aliphatic rings. The normalized spacial score (nSPS) is 14.1. The highest BCUT2D eigenvalue weighted by Crippen LogP contribution is 2.27. The van der Waals surface area contributed by atoms with Crippen molar-refractivity contribution in [1.82, 2.24) is 5.32 Å². The van der Waals surface area contributed by atoms with E-state index in [1.54, 1.807) is 6.26 Å². The van der Waals surface area contributed by atoms with E-state index < -0.39 is 0 Å². The number of halogens is 2. The Morgan fingerprint density at radius 2 is 2.00 bits per heavy atom. The molecule has 1 aromatic heterocycles. The number of furan rings is 1. The SMILES string of the molecule is CCC(NC(C)CCc1ccco1)c1ccc(Cl)c(Cl)c1. The first-order chi connectivity index (χ1) is 10.1. The van der Waals surface area contributed by atoms with Crippen molar-refractivity contribution in [3.05, 3.63) is 58.0 Å². The highest BCUT2D eigenvalue weighted by molar-refractivity contribution is 6.42. The lowest BCUT2D eigenvalue weighted by molar-refractivity contribution is 0.411. The highest BCUT2D eigenvalue weighted by atomic mass is 35.5. The molecule has 0 aliphatic carbocycles. The van der Waals surface area contributed by atoms with Crippen LogP contribution in [0.25, 0.3) is 0 Å². The standard InChI is InChI=1S/C17H21Cl2NO/c1-3-17(13-7-9-15(18)16(19)11-13)20-12(2)6-8-14-5-4-10-21-14/h4-5,7,9-12,17,20H,3,6,8H2,1-2H3. The monoisotopic (exact) mass is 325 g/mol. The fourth-order valence-electron chi connectivity index (χ4n) is 2.42. The minimum Gasteiger partial charge on any atom is -0.469 e. The van der Waals surface area contributed by atoms with Gasteiger partial charge in [0.25, 0.3) is 0 Å². The molecule has 1 aromatic carbocycles. The van der Waals surface area contributed by atoms with Crippen molar-refractivity contribution in [2.75, 3.05) is 0 Å². The van der Waals surface area contributed by atoms with Gasteiger partial charge in [-0.15, -0.1) is 0 Å². The van der Waals surface area contributed by atoms with Gasteiger partial charge in [0, 0.05) is 18.5 Å². The summed E-state index contributed by atoms with van der Waals surface area (Å²) in [5, 5.41) is 4.86. The average Bonchev–Trinajstić information content (AvgIpc) is 2.99. The topological polar surface area (TPSA) is 25.2 Å². The van der Waals surface area contributed by atoms with E-state index in [4.69, 9.17) is 27.6 Å². The van der Waals surface area contributed by atoms with Crippen molar-refractivity contribution in [2.24, 2.45) is 0 Å². The fraction of sp³-hybridized carbons (Fsp3) is 0.412. The summed E-state index contributed by atoms with van der Waals surface area (Å²) in [4.78, 5) is 0. The third kappa shape index (κ3) is 4.77. The van der Waals surface area contributed by atoms with Gasteiger partial charge in [-0.1, -0.05) is 36.2 Å². The van der Waals surface area contributed by atoms with Crippen molar-refractivity contribution < 1.29 is 4.42 Å². The van der Waals surface area contributed by atoms with E-state index in [9.17, 15) is 0 Å². The van der Waals surface area contributed by atoms with Crippen LogP contribution in [0, 0.1) is 0 Å². The number of rotatable bonds is 7. The van der Waals surface area contributed by atoms with Crippen LogP contribution >= 0.6 is 23.2 Å². The predicted molar refractivity (Wildman–Crippen MR) is 89.1 cm³/mol. The molecular weight excluding hydrogens is 305 g/mol. The quantitative estimate of drug-likeness (QED) is 0.711. The molecule has 0 radical (unpaired) electrons. The zero-order chi connectivity index (χ0) is 15.2. The molecule has 2 unspecified atom stereocenters. The van der Waals surface area contributed by atoms with Gasteiger partial charge >= 0.3 is 0 Å². The van der Waals surface area contributed by atoms with Crippen LogP contribution in [0.15, 0.2) is 41.0 Å². The van der Waals surface area contributed by atoms with E-state index in [0.29, 0.717) is 16.1 Å². The molecule has 1 N–H and O–H groups in total. The third-order valence-electron chi connectivity index (χ3n) is 3.64. The lowest BCUT2D eigenvalue weighted by Gasteiger charge is -2.23. The van der Waals surface area contributed by atoms with Crippen molar-refractivity contribution in [3.8, 4) is 0 Å². The molecule has 2 rings (SSSR count). The Labute approximate surface area is 136 Å². The minimum atomic E-state index is 0.284. The Bertz CT molecular complexity index is 554. The van der Waals surface area contributed by atoms with Gasteiger partial charge in [0.15, 0.2) is 0 Å². The van der Waals surface area contributed by atoms with Crippen LogP contribution in [0.1, 0.15) is 44.1 Å². The molecule has 1 heterocycles. The molecule has 2 nitrogen and oxygen atoms in total. The van der Waals surface area contributed by atoms with E-state index in [1.165, 1.54) is 5.56 Å². The van der Waals surface area contributed by atoms with Crippen LogP contribution in [0.5, 0.6) is 0 Å². The van der Waals surface area contributed by atoms with Crippen molar-refractivity contribution in [2.45, 2.75) is 45.2 Å². The lowest BCUT2D eigenvalue weighted by Crippen LogP contribution is -2.30. The smallest absolute Gasteiger partial charge is 0.103 e. The van der Waals surface area contributed by atoms with E-state index in [-0.39, 0.29) is 6.04 Å². The second kappa shape index (κ2) is 7.88. The molecule has 0 aliphatic heterocycles. The summed E-state index contributed by atoms with van der Waals surface area (Å²) in [5.41, 5.74) is 1.18. The molecule has 2 aromatic rings. The molecule has 0 fully saturated rings. The van der Waals surface area contributed by atoms with E-state index >= 15 is 0 Å². The molecule has 0 bridgehead atoms. The number of nitrogens with one attached hydrogen (secondary N) is 1. The fourth-order valence-corrected chi connectivity index (χ4v) is 2.73. The first-order valence-corrected chi connectivity index (χ1v) is 8.09. The maximum Gasteiger partial charge on any atom is 0.103 e. The van der Waals surface area contributed by atoms with Crippen molar-refractivity contribution in [1.29, 1.82) is 0 Å². The van der Waals surface area contributed by atoms with Gasteiger partial charge in [0.1, 0.15) is 5.76 Å². The maximum atomic E-state index is 6.11. The van der Waals surface area contributed by atoms with Gasteiger partial charge in [0.2, 0.25) is 0 Å². The summed E-state index contributed by atoms with van der Waals surface area (Å²) in [5.74, 6) is 1.03. The number of benzene rings is 1. The summed E-state index contributed by atoms with van der Waals surface area (Å²) in [7, 11) is 0. The maximum absolute atomic E-state index is 6.11. The van der Waals surface area contributed by atoms with Gasteiger partial charge < -0.3 is 9.73 Å². The van der Waals surface area contributed by atoms with Crippen LogP contribution in [0.2, 0.25) is 10.0 Å². The summed E-state index contributed by atoms with van der Waals surface area (Å²) in [6.07, 6.45) is 4.70. The molecule has 21 heavy (non-hydrogen) atoms. The van der Waals surface area contributed by atoms with E-state index in [2.05, 4.69) is 19.2 Å². The molecule has 0 saturated heterocycles. The molecule has 114 valence electrons. The Morgan fingerprint density at radius 3 is 2.62 bits per heavy atom. The Balaban J connectivity index is 1.92. The molecule has 0 amide bonds. The predicted octanol–water partition coefficient (Wildman–Crippen LogP) is 5.65. The van der Waals surface area contributed by atoms with Gasteiger partial charge in [-0.05, 0) is 49.6 Å². The molecule has 2 atom stereocenters. The largest absolute Gasteiger partial charge is 0.469 e. The van der Waals surface area contributed by atoms with Crippen LogP contribution in [-0.4, -0.2) is 6.04 Å². The first kappa shape index (κ1) is 16.4. The Morgan fingerprint density at radius 1 is 1.19 bits per heavy atom. The van der Waals surface area contributed by atoms with Crippen LogP contribution in [0.3, 0.4) is 0 Å². The zero-order valence-corrected chi connectivity index (χ0v) is 13.9. The molecule has 0 spiro atoms.